The van der Waals surface area contributed by atoms with Crippen molar-refractivity contribution < 1.29 is 4.39 Å². The lowest BCUT2D eigenvalue weighted by Crippen LogP contribution is -2.15. The maximum Gasteiger partial charge on any atom is 0.141 e. The average molecular weight is 233 g/mol. The first kappa shape index (κ1) is 9.72. The third-order valence-corrected chi connectivity index (χ3v) is 3.52. The van der Waals surface area contributed by atoms with Gasteiger partial charge < -0.3 is 0 Å². The zero-order valence-corrected chi connectivity index (χ0v) is 9.33. The smallest absolute Gasteiger partial charge is 0.141 e. The van der Waals surface area contributed by atoms with E-state index in [1.807, 2.05) is 6.92 Å². The van der Waals surface area contributed by atoms with Gasteiger partial charge in [0, 0.05) is 5.56 Å². The lowest BCUT2D eigenvalue weighted by molar-refractivity contribution is 0.625. The summed E-state index contributed by atoms with van der Waals surface area (Å²) in [5, 5.41) is 9.50. The Kier molecular flexibility index (Phi) is 2.14. The molecule has 1 aromatic rings. The number of halogens is 1. The van der Waals surface area contributed by atoms with Crippen LogP contribution < -0.4 is 0 Å². The normalized spacial score (nSPS) is 22.6. The van der Waals surface area contributed by atoms with E-state index < -0.39 is 0 Å². The Balaban J connectivity index is 2.00. The van der Waals surface area contributed by atoms with Crippen LogP contribution in [0.1, 0.15) is 12.5 Å². The number of fused-ring (bicyclic) bond motifs is 1. The minimum absolute atomic E-state index is 0.0837. The van der Waals surface area contributed by atoms with Crippen LogP contribution in [-0.2, 0) is 0 Å². The van der Waals surface area contributed by atoms with Crippen molar-refractivity contribution in [2.24, 2.45) is 15.2 Å². The molecule has 0 saturated carbocycles. The zero-order chi connectivity index (χ0) is 11.1. The lowest BCUT2D eigenvalue weighted by atomic mass is 10.2. The summed E-state index contributed by atoms with van der Waals surface area (Å²) in [5.74, 6) is -0.246. The maximum atomic E-state index is 13.6. The number of hydrogen-bond donors (Lipinski definition) is 0. The van der Waals surface area contributed by atoms with Crippen LogP contribution in [0.5, 0.6) is 0 Å². The van der Waals surface area contributed by atoms with Crippen molar-refractivity contribution in [3.8, 4) is 0 Å². The molecule has 3 nitrogen and oxygen atoms in total. The monoisotopic (exact) mass is 233 g/mol. The van der Waals surface area contributed by atoms with E-state index >= 15 is 0 Å². The second kappa shape index (κ2) is 3.52. The molecular weight excluding hydrogens is 225 g/mol. The van der Waals surface area contributed by atoms with E-state index in [2.05, 4.69) is 15.2 Å². The highest BCUT2D eigenvalue weighted by atomic mass is 32.2. The molecule has 0 fully saturated rings. The second-order valence-electron chi connectivity index (χ2n) is 3.60. The molecule has 5 heteroatoms. The molecule has 0 N–H and O–H groups in total. The van der Waals surface area contributed by atoms with Crippen LogP contribution in [0.25, 0.3) is 0 Å². The number of hydrogen-bond acceptors (Lipinski definition) is 4. The fourth-order valence-corrected chi connectivity index (χ4v) is 2.69. The summed E-state index contributed by atoms with van der Waals surface area (Å²) >= 11 is 1.40. The molecule has 0 spiro atoms. The van der Waals surface area contributed by atoms with Gasteiger partial charge in [-0.15, -0.1) is 5.10 Å². The van der Waals surface area contributed by atoms with Crippen molar-refractivity contribution in [3.05, 3.63) is 35.6 Å². The van der Waals surface area contributed by atoms with Gasteiger partial charge in [-0.25, -0.2) is 4.39 Å². The van der Waals surface area contributed by atoms with E-state index in [0.717, 1.165) is 10.8 Å². The van der Waals surface area contributed by atoms with Crippen molar-refractivity contribution in [3.63, 3.8) is 0 Å². The van der Waals surface area contributed by atoms with Gasteiger partial charge in [-0.2, -0.15) is 5.10 Å². The quantitative estimate of drug-likeness (QED) is 0.734. The first-order chi connectivity index (χ1) is 7.75. The fourth-order valence-electron chi connectivity index (χ4n) is 1.64. The molecule has 1 aromatic carbocycles. The number of rotatable bonds is 1. The van der Waals surface area contributed by atoms with Crippen molar-refractivity contribution in [2.45, 2.75) is 13.0 Å². The molecule has 0 bridgehead atoms. The molecule has 0 saturated heterocycles. The standard InChI is InChI=1S/C11H8FN3S/c1-6-9-11(15-14-6)16-10(13-9)7-4-2-3-5-8(7)12/h2-5,9H,1H3/t9-/m1/s1. The van der Waals surface area contributed by atoms with Crippen molar-refractivity contribution >= 4 is 27.6 Å². The predicted octanol–water partition coefficient (Wildman–Crippen LogP) is 2.48. The van der Waals surface area contributed by atoms with E-state index in [9.17, 15) is 4.39 Å². The number of thioether (sulfide) groups is 1. The lowest BCUT2D eigenvalue weighted by Gasteiger charge is -2.00. The summed E-state index contributed by atoms with van der Waals surface area (Å²) < 4.78 is 13.6. The summed E-state index contributed by atoms with van der Waals surface area (Å²) in [6, 6.07) is 6.56. The Labute approximate surface area is 96.2 Å². The molecule has 0 amide bonds. The Bertz CT molecular complexity index is 548. The molecular formula is C11H8FN3S. The number of aliphatic imine (C=N–C) groups is 1. The van der Waals surface area contributed by atoms with E-state index in [0.29, 0.717) is 10.6 Å². The van der Waals surface area contributed by atoms with Gasteiger partial charge in [-0.3, -0.25) is 4.99 Å². The Morgan fingerprint density at radius 3 is 2.81 bits per heavy atom. The Morgan fingerprint density at radius 2 is 2.06 bits per heavy atom. The van der Waals surface area contributed by atoms with Gasteiger partial charge in [0.1, 0.15) is 21.9 Å². The van der Waals surface area contributed by atoms with Crippen molar-refractivity contribution in [1.29, 1.82) is 0 Å². The molecule has 3 rings (SSSR count). The first-order valence-corrected chi connectivity index (χ1v) is 5.70. The SMILES string of the molecule is CC1=NN=C2SC(c3ccccc3F)=N[C@H]12. The molecule has 80 valence electrons. The fraction of sp³-hybridized carbons (Fsp3) is 0.182. The van der Waals surface area contributed by atoms with Crippen molar-refractivity contribution in [2.75, 3.05) is 0 Å². The largest absolute Gasteiger partial charge is 0.261 e. The van der Waals surface area contributed by atoms with Gasteiger partial charge in [0.05, 0.1) is 5.71 Å². The molecule has 0 aromatic heterocycles. The first-order valence-electron chi connectivity index (χ1n) is 4.88. The Hall–Kier alpha value is -1.49. The van der Waals surface area contributed by atoms with Crippen LogP contribution in [-0.4, -0.2) is 21.8 Å². The molecule has 0 radical (unpaired) electrons. The van der Waals surface area contributed by atoms with E-state index in [-0.39, 0.29) is 11.9 Å². The van der Waals surface area contributed by atoms with Crippen LogP contribution in [0, 0.1) is 5.82 Å². The van der Waals surface area contributed by atoms with Gasteiger partial charge in [-0.05, 0) is 30.8 Å². The Morgan fingerprint density at radius 1 is 1.25 bits per heavy atom. The zero-order valence-electron chi connectivity index (χ0n) is 8.51. The minimum atomic E-state index is -0.246. The van der Waals surface area contributed by atoms with E-state index in [1.165, 1.54) is 17.8 Å². The average Bonchev–Trinajstić information content (AvgIpc) is 2.82. The molecule has 2 aliphatic heterocycles. The number of nitrogens with zero attached hydrogens (tertiary/aromatic N) is 3. The molecule has 0 unspecified atom stereocenters. The van der Waals surface area contributed by atoms with Crippen LogP contribution >= 0.6 is 11.8 Å². The van der Waals surface area contributed by atoms with E-state index in [1.54, 1.807) is 18.2 Å². The summed E-state index contributed by atoms with van der Waals surface area (Å²) in [6.07, 6.45) is 0. The third-order valence-electron chi connectivity index (χ3n) is 2.49. The topological polar surface area (TPSA) is 37.1 Å². The van der Waals surface area contributed by atoms with Gasteiger partial charge in [-0.1, -0.05) is 12.1 Å². The van der Waals surface area contributed by atoms with Crippen molar-refractivity contribution in [1.82, 2.24) is 0 Å². The highest BCUT2D eigenvalue weighted by molar-refractivity contribution is 8.27. The van der Waals surface area contributed by atoms with Gasteiger partial charge >= 0.3 is 0 Å². The highest BCUT2D eigenvalue weighted by Crippen LogP contribution is 2.30. The minimum Gasteiger partial charge on any atom is -0.261 e. The van der Waals surface area contributed by atoms with Crippen LogP contribution in [0.2, 0.25) is 0 Å². The highest BCUT2D eigenvalue weighted by Gasteiger charge is 2.33. The summed E-state index contributed by atoms with van der Waals surface area (Å²) in [4.78, 5) is 4.44. The molecule has 16 heavy (non-hydrogen) atoms. The second-order valence-corrected chi connectivity index (χ2v) is 4.61. The number of benzene rings is 1. The summed E-state index contributed by atoms with van der Waals surface area (Å²) in [6.45, 7) is 1.88. The predicted molar refractivity (Wildman–Crippen MR) is 64.9 cm³/mol. The van der Waals surface area contributed by atoms with E-state index in [4.69, 9.17) is 0 Å². The van der Waals surface area contributed by atoms with Crippen LogP contribution in [0.4, 0.5) is 4.39 Å². The summed E-state index contributed by atoms with van der Waals surface area (Å²) in [7, 11) is 0. The molecule has 0 aliphatic carbocycles. The van der Waals surface area contributed by atoms with Gasteiger partial charge in [0.15, 0.2) is 0 Å². The molecule has 2 heterocycles. The molecule has 2 aliphatic rings. The van der Waals surface area contributed by atoms with Crippen LogP contribution in [0.3, 0.4) is 0 Å². The summed E-state index contributed by atoms with van der Waals surface area (Å²) in [5.41, 5.74) is 1.41. The van der Waals surface area contributed by atoms with Gasteiger partial charge in [0.2, 0.25) is 0 Å². The molecule has 1 atom stereocenters. The third kappa shape index (κ3) is 1.39. The van der Waals surface area contributed by atoms with Gasteiger partial charge in [0.25, 0.3) is 0 Å². The van der Waals surface area contributed by atoms with Crippen LogP contribution in [0.15, 0.2) is 39.5 Å². The maximum absolute atomic E-state index is 13.6.